The number of carbonyl (C=O) groups is 1. The van der Waals surface area contributed by atoms with Crippen LogP contribution in [0, 0.1) is 6.92 Å². The van der Waals surface area contributed by atoms with E-state index in [1.165, 1.54) is 17.3 Å². The average molecular weight is 433 g/mol. The monoisotopic (exact) mass is 432 g/mol. The number of carbonyl (C=O) groups excluding carboxylic acids is 1. The van der Waals surface area contributed by atoms with Crippen molar-refractivity contribution >= 4 is 17.7 Å². The minimum atomic E-state index is -0.0123. The molecule has 0 unspecified atom stereocenters. The molecule has 0 saturated carbocycles. The first-order valence-corrected chi connectivity index (χ1v) is 11.2. The summed E-state index contributed by atoms with van der Waals surface area (Å²) in [7, 11) is 0. The second-order valence-electron chi connectivity index (χ2n) is 7.10. The van der Waals surface area contributed by atoms with Crippen molar-refractivity contribution in [3.05, 3.63) is 84.3 Å². The number of nitrogens with zero attached hydrogens (tertiary/aromatic N) is 3. The van der Waals surface area contributed by atoms with Crippen LogP contribution in [-0.4, -0.2) is 33.0 Å². The molecule has 0 radical (unpaired) electrons. The Kier molecular flexibility index (Phi) is 6.84. The fraction of sp³-hybridized carbons (Fsp3) is 0.208. The van der Waals surface area contributed by atoms with E-state index in [0.717, 1.165) is 29.9 Å². The van der Waals surface area contributed by atoms with Crippen LogP contribution in [0.3, 0.4) is 0 Å². The summed E-state index contributed by atoms with van der Waals surface area (Å²) in [5, 5.41) is 12.4. The Labute approximate surface area is 185 Å². The molecule has 1 N–H and O–H groups in total. The highest BCUT2D eigenvalue weighted by atomic mass is 32.2. The van der Waals surface area contributed by atoms with Crippen molar-refractivity contribution in [2.45, 2.75) is 24.9 Å². The molecule has 158 valence electrons. The third kappa shape index (κ3) is 5.24. The molecule has 4 aromatic rings. The Balaban J connectivity index is 1.40. The zero-order valence-electron chi connectivity index (χ0n) is 17.3. The van der Waals surface area contributed by atoms with Crippen molar-refractivity contribution in [1.82, 2.24) is 20.1 Å². The number of thioether (sulfide) groups is 1. The number of benzene rings is 2. The molecule has 7 heteroatoms. The van der Waals surface area contributed by atoms with Gasteiger partial charge in [-0.2, -0.15) is 0 Å². The molecule has 31 heavy (non-hydrogen) atoms. The molecule has 0 fully saturated rings. The number of furan rings is 1. The highest BCUT2D eigenvalue weighted by Crippen LogP contribution is 2.30. The zero-order chi connectivity index (χ0) is 21.5. The van der Waals surface area contributed by atoms with Gasteiger partial charge in [0.2, 0.25) is 5.91 Å². The lowest BCUT2D eigenvalue weighted by atomic mass is 10.1. The Morgan fingerprint density at radius 1 is 1.03 bits per heavy atom. The van der Waals surface area contributed by atoms with Gasteiger partial charge in [-0.1, -0.05) is 60.3 Å². The van der Waals surface area contributed by atoms with Crippen molar-refractivity contribution < 1.29 is 9.21 Å². The van der Waals surface area contributed by atoms with Crippen LogP contribution >= 0.6 is 11.8 Å². The molecule has 2 heterocycles. The highest BCUT2D eigenvalue weighted by molar-refractivity contribution is 7.99. The lowest BCUT2D eigenvalue weighted by Gasteiger charge is -2.10. The standard InChI is InChI=1S/C24H24N4O2S/c1-18-21(14-16-30-18)23-26-27-24(28(23)20-12-6-3-7-13-20)31-17-22(29)25-15-8-11-19-9-4-2-5-10-19/h2-7,9-10,12-14,16H,8,11,15,17H2,1H3,(H,25,29). The van der Waals surface area contributed by atoms with Gasteiger partial charge in [-0.3, -0.25) is 9.36 Å². The Bertz CT molecular complexity index is 1120. The van der Waals surface area contributed by atoms with Crippen molar-refractivity contribution in [3.63, 3.8) is 0 Å². The third-order valence-electron chi connectivity index (χ3n) is 4.89. The van der Waals surface area contributed by atoms with Gasteiger partial charge >= 0.3 is 0 Å². The lowest BCUT2D eigenvalue weighted by molar-refractivity contribution is -0.118. The van der Waals surface area contributed by atoms with E-state index < -0.39 is 0 Å². The number of hydrogen-bond donors (Lipinski definition) is 1. The van der Waals surface area contributed by atoms with Crippen LogP contribution in [0.2, 0.25) is 0 Å². The number of hydrogen-bond acceptors (Lipinski definition) is 5. The van der Waals surface area contributed by atoms with Crippen LogP contribution in [0.25, 0.3) is 17.1 Å². The van der Waals surface area contributed by atoms with Crippen LogP contribution in [-0.2, 0) is 11.2 Å². The quantitative estimate of drug-likeness (QED) is 0.307. The van der Waals surface area contributed by atoms with E-state index in [-0.39, 0.29) is 11.7 Å². The number of aromatic nitrogens is 3. The first-order chi connectivity index (χ1) is 15.2. The van der Waals surface area contributed by atoms with Crippen LogP contribution in [0.5, 0.6) is 0 Å². The fourth-order valence-corrected chi connectivity index (χ4v) is 4.09. The molecular formula is C24H24N4O2S. The molecule has 0 aliphatic rings. The smallest absolute Gasteiger partial charge is 0.230 e. The number of rotatable bonds is 9. The van der Waals surface area contributed by atoms with Crippen molar-refractivity contribution in [2.75, 3.05) is 12.3 Å². The summed E-state index contributed by atoms with van der Waals surface area (Å²) in [6, 6.07) is 22.1. The largest absolute Gasteiger partial charge is 0.469 e. The molecule has 2 aromatic heterocycles. The summed E-state index contributed by atoms with van der Waals surface area (Å²) in [5.74, 6) is 1.74. The van der Waals surface area contributed by atoms with Crippen LogP contribution in [0.4, 0.5) is 0 Å². The van der Waals surface area contributed by atoms with Crippen molar-refractivity contribution in [2.24, 2.45) is 0 Å². The fourth-order valence-electron chi connectivity index (χ4n) is 3.31. The summed E-state index contributed by atoms with van der Waals surface area (Å²) >= 11 is 1.38. The summed E-state index contributed by atoms with van der Waals surface area (Å²) in [5.41, 5.74) is 3.10. The summed E-state index contributed by atoms with van der Waals surface area (Å²) in [6.45, 7) is 2.55. The highest BCUT2D eigenvalue weighted by Gasteiger charge is 2.19. The van der Waals surface area contributed by atoms with E-state index >= 15 is 0 Å². The van der Waals surface area contributed by atoms with Gasteiger partial charge in [0, 0.05) is 12.2 Å². The predicted molar refractivity (Wildman–Crippen MR) is 122 cm³/mol. The Morgan fingerprint density at radius 3 is 2.48 bits per heavy atom. The van der Waals surface area contributed by atoms with E-state index in [9.17, 15) is 4.79 Å². The maximum absolute atomic E-state index is 12.4. The van der Waals surface area contributed by atoms with Gasteiger partial charge in [0.05, 0.1) is 17.6 Å². The molecule has 0 atom stereocenters. The van der Waals surface area contributed by atoms with Gasteiger partial charge in [-0.05, 0) is 43.5 Å². The van der Waals surface area contributed by atoms with Gasteiger partial charge in [0.25, 0.3) is 0 Å². The van der Waals surface area contributed by atoms with Crippen LogP contribution < -0.4 is 5.32 Å². The third-order valence-corrected chi connectivity index (χ3v) is 5.82. The number of nitrogens with one attached hydrogen (secondary N) is 1. The number of aryl methyl sites for hydroxylation is 2. The van der Waals surface area contributed by atoms with E-state index in [1.54, 1.807) is 6.26 Å². The molecule has 6 nitrogen and oxygen atoms in total. The Hall–Kier alpha value is -3.32. The van der Waals surface area contributed by atoms with E-state index in [0.29, 0.717) is 17.5 Å². The molecule has 0 saturated heterocycles. The molecule has 0 bridgehead atoms. The lowest BCUT2D eigenvalue weighted by Crippen LogP contribution is -2.26. The first-order valence-electron chi connectivity index (χ1n) is 10.2. The number of amides is 1. The topological polar surface area (TPSA) is 72.9 Å². The minimum Gasteiger partial charge on any atom is -0.469 e. The molecular weight excluding hydrogens is 408 g/mol. The zero-order valence-corrected chi connectivity index (χ0v) is 18.1. The molecule has 1 amide bonds. The van der Waals surface area contributed by atoms with Gasteiger partial charge in [-0.25, -0.2) is 0 Å². The van der Waals surface area contributed by atoms with E-state index in [4.69, 9.17) is 4.42 Å². The van der Waals surface area contributed by atoms with Crippen LogP contribution in [0.15, 0.2) is 82.6 Å². The normalized spacial score (nSPS) is 10.9. The van der Waals surface area contributed by atoms with E-state index in [2.05, 4.69) is 27.6 Å². The molecule has 4 rings (SSSR count). The second-order valence-corrected chi connectivity index (χ2v) is 8.04. The van der Waals surface area contributed by atoms with Gasteiger partial charge < -0.3 is 9.73 Å². The average Bonchev–Trinajstić information content (AvgIpc) is 3.42. The summed E-state index contributed by atoms with van der Waals surface area (Å²) in [6.07, 6.45) is 3.50. The molecule has 0 spiro atoms. The SMILES string of the molecule is Cc1occc1-c1nnc(SCC(=O)NCCCc2ccccc2)n1-c1ccccc1. The Morgan fingerprint density at radius 2 is 1.77 bits per heavy atom. The van der Waals surface area contributed by atoms with Gasteiger partial charge in [-0.15, -0.1) is 10.2 Å². The second kappa shape index (κ2) is 10.1. The maximum Gasteiger partial charge on any atom is 0.230 e. The van der Waals surface area contributed by atoms with Crippen LogP contribution in [0.1, 0.15) is 17.7 Å². The number of para-hydroxylation sites is 1. The summed E-state index contributed by atoms with van der Waals surface area (Å²) in [4.78, 5) is 12.4. The van der Waals surface area contributed by atoms with E-state index in [1.807, 2.05) is 66.1 Å². The predicted octanol–water partition coefficient (Wildman–Crippen LogP) is 4.68. The molecule has 0 aliphatic carbocycles. The maximum atomic E-state index is 12.4. The van der Waals surface area contributed by atoms with Gasteiger partial charge in [0.15, 0.2) is 11.0 Å². The summed E-state index contributed by atoms with van der Waals surface area (Å²) < 4.78 is 7.42. The minimum absolute atomic E-state index is 0.0123. The van der Waals surface area contributed by atoms with Crippen molar-refractivity contribution in [1.29, 1.82) is 0 Å². The van der Waals surface area contributed by atoms with Crippen molar-refractivity contribution in [3.8, 4) is 17.1 Å². The molecule has 2 aromatic carbocycles. The first kappa shape index (κ1) is 20.9. The van der Waals surface area contributed by atoms with Gasteiger partial charge in [0.1, 0.15) is 5.76 Å². The molecule has 0 aliphatic heterocycles.